The van der Waals surface area contributed by atoms with Crippen LogP contribution in [0.2, 0.25) is 0 Å². The molecule has 1 saturated carbocycles. The largest absolute Gasteiger partial charge is 0.409 e. The molecule has 1 amide bonds. The van der Waals surface area contributed by atoms with Crippen LogP contribution in [0, 0.1) is 11.3 Å². The Hall–Kier alpha value is -1.30. The molecule has 6 nitrogen and oxygen atoms in total. The van der Waals surface area contributed by atoms with Gasteiger partial charge in [0.05, 0.1) is 0 Å². The highest BCUT2D eigenvalue weighted by Gasteiger charge is 2.43. The molecule has 0 unspecified atom stereocenters. The minimum Gasteiger partial charge on any atom is -0.409 e. The predicted molar refractivity (Wildman–Crippen MR) is 82.2 cm³/mol. The molecule has 6 heteroatoms. The number of rotatable bonds is 8. The number of oxime groups is 1. The summed E-state index contributed by atoms with van der Waals surface area (Å²) in [7, 11) is 0. The number of amides is 1. The Morgan fingerprint density at radius 2 is 2.05 bits per heavy atom. The predicted octanol–water partition coefficient (Wildman–Crippen LogP) is 1.86. The Labute approximate surface area is 127 Å². The van der Waals surface area contributed by atoms with Gasteiger partial charge in [-0.2, -0.15) is 0 Å². The van der Waals surface area contributed by atoms with E-state index < -0.39 is 5.41 Å². The van der Waals surface area contributed by atoms with Crippen molar-refractivity contribution >= 4 is 11.7 Å². The molecule has 0 heterocycles. The normalized spacial score (nSPS) is 18.7. The zero-order chi connectivity index (χ0) is 15.7. The van der Waals surface area contributed by atoms with Crippen molar-refractivity contribution < 1.29 is 14.7 Å². The molecule has 1 rings (SSSR count). The summed E-state index contributed by atoms with van der Waals surface area (Å²) in [6.07, 6.45) is 5.03. The van der Waals surface area contributed by atoms with Crippen LogP contribution in [0.5, 0.6) is 0 Å². The minimum absolute atomic E-state index is 0.0377. The third kappa shape index (κ3) is 5.19. The van der Waals surface area contributed by atoms with Crippen LogP contribution in [0.4, 0.5) is 0 Å². The highest BCUT2D eigenvalue weighted by Crippen LogP contribution is 2.36. The topological polar surface area (TPSA) is 96.9 Å². The average molecular weight is 299 g/mol. The van der Waals surface area contributed by atoms with Gasteiger partial charge in [-0.15, -0.1) is 0 Å². The van der Waals surface area contributed by atoms with Crippen LogP contribution < -0.4 is 11.1 Å². The van der Waals surface area contributed by atoms with Gasteiger partial charge in [0, 0.05) is 19.8 Å². The van der Waals surface area contributed by atoms with Crippen molar-refractivity contribution in [3.05, 3.63) is 0 Å². The van der Waals surface area contributed by atoms with Crippen molar-refractivity contribution in [2.45, 2.75) is 52.4 Å². The molecule has 0 radical (unpaired) electrons. The SMILES string of the molecule is CC(C)COCCCNC(=O)C1(C(N)=NO)CCCCC1. The lowest BCUT2D eigenvalue weighted by molar-refractivity contribution is -0.129. The van der Waals surface area contributed by atoms with Crippen LogP contribution in [0.3, 0.4) is 0 Å². The number of nitrogens with one attached hydrogen (secondary N) is 1. The Morgan fingerprint density at radius 1 is 1.38 bits per heavy atom. The van der Waals surface area contributed by atoms with Crippen LogP contribution in [-0.4, -0.2) is 36.7 Å². The second-order valence-corrected chi connectivity index (χ2v) is 6.21. The smallest absolute Gasteiger partial charge is 0.233 e. The summed E-state index contributed by atoms with van der Waals surface area (Å²) in [6.45, 7) is 6.13. The molecule has 0 saturated heterocycles. The number of nitrogens with zero attached hydrogens (tertiary/aromatic N) is 1. The first kappa shape index (κ1) is 17.8. The van der Waals surface area contributed by atoms with Gasteiger partial charge in [0.2, 0.25) is 5.91 Å². The van der Waals surface area contributed by atoms with Gasteiger partial charge in [-0.3, -0.25) is 4.79 Å². The first-order valence-electron chi connectivity index (χ1n) is 7.87. The van der Waals surface area contributed by atoms with Gasteiger partial charge in [0.1, 0.15) is 5.41 Å². The van der Waals surface area contributed by atoms with Crippen molar-refractivity contribution in [2.24, 2.45) is 22.2 Å². The highest BCUT2D eigenvalue weighted by molar-refractivity contribution is 6.06. The van der Waals surface area contributed by atoms with Crippen LogP contribution in [0.25, 0.3) is 0 Å². The molecule has 0 spiro atoms. The van der Waals surface area contributed by atoms with E-state index in [1.807, 2.05) is 0 Å². The standard InChI is InChI=1S/C15H29N3O3/c1-12(2)11-21-10-6-9-17-14(19)15(13(16)18-20)7-4-3-5-8-15/h12,20H,3-11H2,1-2H3,(H2,16,18)(H,17,19). The lowest BCUT2D eigenvalue weighted by Gasteiger charge is -2.34. The molecule has 1 fully saturated rings. The fourth-order valence-electron chi connectivity index (χ4n) is 2.71. The lowest BCUT2D eigenvalue weighted by Crippen LogP contribution is -2.51. The zero-order valence-corrected chi connectivity index (χ0v) is 13.2. The second kappa shape index (κ2) is 8.87. The maximum Gasteiger partial charge on any atom is 0.233 e. The molecule has 1 aliphatic carbocycles. The van der Waals surface area contributed by atoms with E-state index in [9.17, 15) is 4.79 Å². The molecule has 122 valence electrons. The molecule has 4 N–H and O–H groups in total. The summed E-state index contributed by atoms with van der Waals surface area (Å²) in [5, 5.41) is 15.0. The fraction of sp³-hybridized carbons (Fsp3) is 0.867. The van der Waals surface area contributed by atoms with Gasteiger partial charge in [-0.05, 0) is 25.2 Å². The van der Waals surface area contributed by atoms with Crippen molar-refractivity contribution in [3.63, 3.8) is 0 Å². The van der Waals surface area contributed by atoms with Crippen LogP contribution in [0.15, 0.2) is 5.16 Å². The van der Waals surface area contributed by atoms with Gasteiger partial charge in [0.15, 0.2) is 5.84 Å². The molecular formula is C15H29N3O3. The van der Waals surface area contributed by atoms with Crippen molar-refractivity contribution in [2.75, 3.05) is 19.8 Å². The number of carbonyl (C=O) groups is 1. The number of hydrogen-bond donors (Lipinski definition) is 3. The van der Waals surface area contributed by atoms with E-state index in [1.165, 1.54) is 0 Å². The van der Waals surface area contributed by atoms with E-state index in [-0.39, 0.29) is 11.7 Å². The Morgan fingerprint density at radius 3 is 2.62 bits per heavy atom. The molecule has 0 aliphatic heterocycles. The first-order chi connectivity index (χ1) is 10.0. The Kier molecular flexibility index (Phi) is 7.50. The van der Waals surface area contributed by atoms with Gasteiger partial charge in [-0.25, -0.2) is 0 Å². The molecule has 0 aromatic rings. The second-order valence-electron chi connectivity index (χ2n) is 6.21. The number of hydrogen-bond acceptors (Lipinski definition) is 4. The summed E-state index contributed by atoms with van der Waals surface area (Å²) >= 11 is 0. The van der Waals surface area contributed by atoms with E-state index in [0.717, 1.165) is 32.3 Å². The average Bonchev–Trinajstić information content (AvgIpc) is 2.49. The number of carbonyl (C=O) groups excluding carboxylic acids is 1. The highest BCUT2D eigenvalue weighted by atomic mass is 16.5. The molecule has 1 aliphatic rings. The van der Waals surface area contributed by atoms with Gasteiger partial charge in [0.25, 0.3) is 0 Å². The third-order valence-corrected chi connectivity index (χ3v) is 3.94. The number of nitrogens with two attached hydrogens (primary N) is 1. The van der Waals surface area contributed by atoms with E-state index in [2.05, 4.69) is 24.3 Å². The van der Waals surface area contributed by atoms with Gasteiger partial charge < -0.3 is 21.0 Å². The van der Waals surface area contributed by atoms with E-state index >= 15 is 0 Å². The lowest BCUT2D eigenvalue weighted by atomic mass is 9.72. The minimum atomic E-state index is -0.828. The first-order valence-corrected chi connectivity index (χ1v) is 7.87. The summed E-state index contributed by atoms with van der Waals surface area (Å²) in [5.41, 5.74) is 4.96. The summed E-state index contributed by atoms with van der Waals surface area (Å²) < 4.78 is 5.48. The molecule has 0 bridgehead atoms. The van der Waals surface area contributed by atoms with Gasteiger partial charge in [-0.1, -0.05) is 38.3 Å². The molecule has 0 aromatic heterocycles. The van der Waals surface area contributed by atoms with Gasteiger partial charge >= 0.3 is 0 Å². The van der Waals surface area contributed by atoms with Crippen molar-refractivity contribution in [1.29, 1.82) is 0 Å². The molecule has 0 atom stereocenters. The third-order valence-electron chi connectivity index (χ3n) is 3.94. The summed E-state index contributed by atoms with van der Waals surface area (Å²) in [4.78, 5) is 12.4. The monoisotopic (exact) mass is 299 g/mol. The summed E-state index contributed by atoms with van der Waals surface area (Å²) in [6, 6.07) is 0. The van der Waals surface area contributed by atoms with Crippen LogP contribution in [0.1, 0.15) is 52.4 Å². The molecular weight excluding hydrogens is 270 g/mol. The zero-order valence-electron chi connectivity index (χ0n) is 13.2. The molecule has 21 heavy (non-hydrogen) atoms. The summed E-state index contributed by atoms with van der Waals surface area (Å²) in [5.74, 6) is 0.433. The van der Waals surface area contributed by atoms with E-state index in [0.29, 0.717) is 31.9 Å². The Balaban J connectivity index is 2.40. The van der Waals surface area contributed by atoms with Crippen molar-refractivity contribution in [3.8, 4) is 0 Å². The maximum atomic E-state index is 12.4. The quantitative estimate of drug-likeness (QED) is 0.209. The fourth-order valence-corrected chi connectivity index (χ4v) is 2.71. The number of ether oxygens (including phenoxy) is 1. The van der Waals surface area contributed by atoms with E-state index in [1.54, 1.807) is 0 Å². The van der Waals surface area contributed by atoms with E-state index in [4.69, 9.17) is 15.7 Å². The van der Waals surface area contributed by atoms with Crippen LogP contribution >= 0.6 is 0 Å². The Bertz CT molecular complexity index is 350. The maximum absolute atomic E-state index is 12.4. The van der Waals surface area contributed by atoms with Crippen LogP contribution in [-0.2, 0) is 9.53 Å². The molecule has 0 aromatic carbocycles. The number of amidine groups is 1. The van der Waals surface area contributed by atoms with Crippen molar-refractivity contribution in [1.82, 2.24) is 5.32 Å².